The third kappa shape index (κ3) is 3.66. The Morgan fingerprint density at radius 3 is 2.42 bits per heavy atom. The Kier molecular flexibility index (Phi) is 6.14. The fourth-order valence-corrected chi connectivity index (χ4v) is 9.78. The molecule has 2 saturated heterocycles. The monoisotopic (exact) mass is 461 g/mol. The van der Waals surface area contributed by atoms with Crippen LogP contribution in [0.15, 0.2) is 0 Å². The molecule has 2 aliphatic heterocycles. The summed E-state index contributed by atoms with van der Waals surface area (Å²) in [5.41, 5.74) is -0.248. The summed E-state index contributed by atoms with van der Waals surface area (Å²) in [7, 11) is 0. The molecule has 0 aromatic carbocycles. The van der Waals surface area contributed by atoms with E-state index in [2.05, 4.69) is 18.7 Å². The molecule has 0 bridgehead atoms. The molecule has 6 rings (SSSR count). The smallest absolute Gasteiger partial charge is 0.161 e. The molecule has 5 nitrogen and oxygen atoms in total. The van der Waals surface area contributed by atoms with Gasteiger partial charge in [0.25, 0.3) is 0 Å². The van der Waals surface area contributed by atoms with Crippen molar-refractivity contribution in [3.05, 3.63) is 0 Å². The molecule has 0 aromatic heterocycles. The van der Waals surface area contributed by atoms with Gasteiger partial charge in [0.15, 0.2) is 6.29 Å². The van der Waals surface area contributed by atoms with Gasteiger partial charge in [-0.15, -0.1) is 0 Å². The second-order valence-electron chi connectivity index (χ2n) is 12.9. The third-order valence-electron chi connectivity index (χ3n) is 11.8. The van der Waals surface area contributed by atoms with E-state index < -0.39 is 5.60 Å². The number of ether oxygens (including phenoxy) is 3. The van der Waals surface area contributed by atoms with Crippen LogP contribution < -0.4 is 0 Å². The van der Waals surface area contributed by atoms with Crippen molar-refractivity contribution < 1.29 is 19.3 Å². The Balaban J connectivity index is 1.12. The molecule has 33 heavy (non-hydrogen) atoms. The van der Waals surface area contributed by atoms with E-state index in [0.29, 0.717) is 42.5 Å². The van der Waals surface area contributed by atoms with Crippen molar-refractivity contribution in [2.45, 2.75) is 102 Å². The zero-order valence-corrected chi connectivity index (χ0v) is 21.1. The second kappa shape index (κ2) is 8.73. The molecule has 4 aliphatic carbocycles. The number of hydrogen-bond donors (Lipinski definition) is 1. The van der Waals surface area contributed by atoms with E-state index in [9.17, 15) is 5.11 Å². The minimum atomic E-state index is -0.549. The van der Waals surface area contributed by atoms with Crippen LogP contribution >= 0.6 is 0 Å². The number of rotatable bonds is 5. The summed E-state index contributed by atoms with van der Waals surface area (Å²) in [5, 5.41) is 12.3. The van der Waals surface area contributed by atoms with E-state index in [4.69, 9.17) is 14.2 Å². The van der Waals surface area contributed by atoms with Gasteiger partial charge < -0.3 is 24.2 Å². The maximum absolute atomic E-state index is 12.3. The average molecular weight is 462 g/mol. The Bertz CT molecular complexity index is 706. The van der Waals surface area contributed by atoms with Gasteiger partial charge in [0.2, 0.25) is 0 Å². The van der Waals surface area contributed by atoms with Gasteiger partial charge in [-0.05, 0) is 107 Å². The highest BCUT2D eigenvalue weighted by molar-refractivity contribution is 5.17. The normalized spacial score (nSPS) is 50.8. The van der Waals surface area contributed by atoms with Crippen LogP contribution in [0.1, 0.15) is 84.5 Å². The standard InChI is InChI=1S/C28H47NO4/c1-26-10-7-21(31-16-15-29-13-3-4-14-29)19-20(26)5-6-23-22(26)8-11-27(2)24(9-12-28(23,27)30)25-32-17-18-33-25/h20-25,30H,3-19H2,1-2H3/t20?,21?,22-,23-,24?,26+,27-,28-/m1/s1. The largest absolute Gasteiger partial charge is 0.389 e. The lowest BCUT2D eigenvalue weighted by Crippen LogP contribution is -2.63. The van der Waals surface area contributed by atoms with Crippen LogP contribution in [-0.4, -0.2) is 67.5 Å². The fourth-order valence-electron chi connectivity index (χ4n) is 9.78. The molecular weight excluding hydrogens is 414 g/mol. The first-order chi connectivity index (χ1) is 15.9. The number of likely N-dealkylation sites (tertiary alicyclic amines) is 1. The van der Waals surface area contributed by atoms with Crippen LogP contribution in [0.25, 0.3) is 0 Å². The summed E-state index contributed by atoms with van der Waals surface area (Å²) in [5.74, 6) is 2.20. The van der Waals surface area contributed by atoms with E-state index in [1.807, 2.05) is 0 Å². The third-order valence-corrected chi connectivity index (χ3v) is 11.8. The van der Waals surface area contributed by atoms with Crippen LogP contribution in [-0.2, 0) is 14.2 Å². The highest BCUT2D eigenvalue weighted by Crippen LogP contribution is 2.69. The van der Waals surface area contributed by atoms with Crippen molar-refractivity contribution >= 4 is 0 Å². The molecule has 5 heteroatoms. The van der Waals surface area contributed by atoms with Crippen molar-refractivity contribution in [1.29, 1.82) is 0 Å². The number of nitrogens with zero attached hydrogens (tertiary/aromatic N) is 1. The first-order valence-electron chi connectivity index (χ1n) is 14.2. The van der Waals surface area contributed by atoms with Crippen molar-refractivity contribution in [2.24, 2.45) is 34.5 Å². The maximum atomic E-state index is 12.3. The van der Waals surface area contributed by atoms with E-state index in [1.54, 1.807) is 0 Å². The van der Waals surface area contributed by atoms with Crippen molar-refractivity contribution in [2.75, 3.05) is 39.5 Å². The van der Waals surface area contributed by atoms with Gasteiger partial charge in [-0.25, -0.2) is 0 Å². The van der Waals surface area contributed by atoms with E-state index in [0.717, 1.165) is 38.3 Å². The Hall–Kier alpha value is -0.200. The molecule has 0 aromatic rings. The van der Waals surface area contributed by atoms with Crippen LogP contribution in [0.2, 0.25) is 0 Å². The van der Waals surface area contributed by atoms with E-state index in [1.165, 1.54) is 64.5 Å². The molecule has 0 amide bonds. The summed E-state index contributed by atoms with van der Waals surface area (Å²) in [6.45, 7) is 10.9. The molecular formula is C28H47NO4. The van der Waals surface area contributed by atoms with Gasteiger partial charge in [0.1, 0.15) is 0 Å². The SMILES string of the molecule is C[C@]12CCC(OCCN3CCCC3)CC1CC[C@@H]1[C@H]2CC[C@]2(C)C(C3OCCO3)CC[C@@]12O. The van der Waals surface area contributed by atoms with Crippen molar-refractivity contribution in [3.63, 3.8) is 0 Å². The molecule has 0 radical (unpaired) electrons. The molecule has 4 saturated carbocycles. The Morgan fingerprint density at radius 1 is 0.879 bits per heavy atom. The Morgan fingerprint density at radius 2 is 1.64 bits per heavy atom. The van der Waals surface area contributed by atoms with Gasteiger partial charge in [-0.1, -0.05) is 13.8 Å². The first-order valence-corrected chi connectivity index (χ1v) is 14.2. The summed E-state index contributed by atoms with van der Waals surface area (Å²) in [6.07, 6.45) is 13.6. The van der Waals surface area contributed by atoms with Gasteiger partial charge >= 0.3 is 0 Å². The van der Waals surface area contributed by atoms with Gasteiger partial charge in [0, 0.05) is 17.9 Å². The quantitative estimate of drug-likeness (QED) is 0.648. The Labute approximate surface area is 200 Å². The summed E-state index contributed by atoms with van der Waals surface area (Å²) in [6, 6.07) is 0. The number of aliphatic hydroxyl groups is 1. The van der Waals surface area contributed by atoms with Gasteiger partial charge in [-0.2, -0.15) is 0 Å². The van der Waals surface area contributed by atoms with E-state index >= 15 is 0 Å². The molecule has 2 heterocycles. The lowest BCUT2D eigenvalue weighted by Gasteiger charge is -2.63. The van der Waals surface area contributed by atoms with Gasteiger partial charge in [0.05, 0.1) is 31.5 Å². The first kappa shape index (κ1) is 23.2. The summed E-state index contributed by atoms with van der Waals surface area (Å²) < 4.78 is 18.4. The second-order valence-corrected chi connectivity index (χ2v) is 12.9. The zero-order valence-electron chi connectivity index (χ0n) is 21.1. The zero-order chi connectivity index (χ0) is 22.7. The van der Waals surface area contributed by atoms with Crippen LogP contribution in [0.4, 0.5) is 0 Å². The highest BCUT2D eigenvalue weighted by Gasteiger charge is 2.68. The average Bonchev–Trinajstić information content (AvgIpc) is 3.55. The minimum Gasteiger partial charge on any atom is -0.389 e. The van der Waals surface area contributed by atoms with Crippen LogP contribution in [0.3, 0.4) is 0 Å². The minimum absolute atomic E-state index is 0.0672. The lowest BCUT2D eigenvalue weighted by molar-refractivity contribution is -0.228. The van der Waals surface area contributed by atoms with Crippen molar-refractivity contribution in [1.82, 2.24) is 4.90 Å². The fraction of sp³-hybridized carbons (Fsp3) is 1.00. The topological polar surface area (TPSA) is 51.2 Å². The number of fused-ring (bicyclic) bond motifs is 5. The highest BCUT2D eigenvalue weighted by atomic mass is 16.7. The van der Waals surface area contributed by atoms with Crippen LogP contribution in [0.5, 0.6) is 0 Å². The van der Waals surface area contributed by atoms with Crippen molar-refractivity contribution in [3.8, 4) is 0 Å². The molecule has 8 atom stereocenters. The molecule has 0 spiro atoms. The summed E-state index contributed by atoms with van der Waals surface area (Å²) >= 11 is 0. The molecule has 3 unspecified atom stereocenters. The van der Waals surface area contributed by atoms with Crippen LogP contribution in [0, 0.1) is 34.5 Å². The molecule has 6 aliphatic rings. The van der Waals surface area contributed by atoms with Gasteiger partial charge in [-0.3, -0.25) is 0 Å². The molecule has 6 fully saturated rings. The predicted octanol–water partition coefficient (Wildman–Crippen LogP) is 4.61. The lowest BCUT2D eigenvalue weighted by atomic mass is 9.43. The summed E-state index contributed by atoms with van der Waals surface area (Å²) in [4.78, 5) is 2.56. The molecule has 1 N–H and O–H groups in total. The molecule has 188 valence electrons. The van der Waals surface area contributed by atoms with E-state index in [-0.39, 0.29) is 11.7 Å². The number of hydrogen-bond acceptors (Lipinski definition) is 5. The maximum Gasteiger partial charge on any atom is 0.161 e. The predicted molar refractivity (Wildman–Crippen MR) is 128 cm³/mol.